The Balaban J connectivity index is 2.30. The molecule has 1 unspecified atom stereocenters. The molecular weight excluding hydrogens is 240 g/mol. The van der Waals surface area contributed by atoms with Crippen molar-refractivity contribution in [2.75, 3.05) is 23.7 Å². The zero-order valence-corrected chi connectivity index (χ0v) is 11.0. The van der Waals surface area contributed by atoms with Crippen molar-refractivity contribution < 1.29 is 4.74 Å². The van der Waals surface area contributed by atoms with Gasteiger partial charge in [-0.3, -0.25) is 0 Å². The molecule has 2 heterocycles. The van der Waals surface area contributed by atoms with Gasteiger partial charge in [-0.1, -0.05) is 11.6 Å². The fraction of sp³-hybridized carbons (Fsp3) is 0.636. The summed E-state index contributed by atoms with van der Waals surface area (Å²) in [5.41, 5.74) is 6.12. The number of hydrogen-bond acceptors (Lipinski definition) is 5. The topological polar surface area (TPSA) is 64.3 Å². The number of rotatable bonds is 1. The summed E-state index contributed by atoms with van der Waals surface area (Å²) in [6.45, 7) is 7.62. The highest BCUT2D eigenvalue weighted by molar-refractivity contribution is 6.32. The Bertz CT molecular complexity index is 424. The van der Waals surface area contributed by atoms with E-state index in [4.69, 9.17) is 22.1 Å². The van der Waals surface area contributed by atoms with Crippen molar-refractivity contribution in [3.05, 3.63) is 11.5 Å². The van der Waals surface area contributed by atoms with Gasteiger partial charge in [0.2, 0.25) is 0 Å². The summed E-state index contributed by atoms with van der Waals surface area (Å²) in [4.78, 5) is 10.2. The lowest BCUT2D eigenvalue weighted by Crippen LogP contribution is -2.52. The van der Waals surface area contributed by atoms with E-state index in [1.54, 1.807) is 0 Å². The van der Waals surface area contributed by atoms with Crippen LogP contribution in [0.1, 0.15) is 20.8 Å². The number of hydrogen-bond donors (Lipinski definition) is 1. The van der Waals surface area contributed by atoms with E-state index >= 15 is 0 Å². The molecule has 1 aliphatic heterocycles. The Morgan fingerprint density at radius 2 is 2.24 bits per heavy atom. The van der Waals surface area contributed by atoms with Gasteiger partial charge in [0, 0.05) is 13.1 Å². The van der Waals surface area contributed by atoms with Crippen LogP contribution in [0.2, 0.25) is 5.15 Å². The second-order valence-corrected chi connectivity index (χ2v) is 5.33. The van der Waals surface area contributed by atoms with Crippen LogP contribution in [-0.4, -0.2) is 34.8 Å². The van der Waals surface area contributed by atoms with Crippen molar-refractivity contribution in [3.63, 3.8) is 0 Å². The third-order valence-corrected chi connectivity index (χ3v) is 2.98. The Morgan fingerprint density at radius 3 is 2.88 bits per heavy atom. The minimum atomic E-state index is -0.221. The van der Waals surface area contributed by atoms with Crippen LogP contribution in [0.5, 0.6) is 0 Å². The average molecular weight is 257 g/mol. The minimum Gasteiger partial charge on any atom is -0.393 e. The number of nitrogens with zero attached hydrogens (tertiary/aromatic N) is 3. The van der Waals surface area contributed by atoms with Crippen molar-refractivity contribution in [1.29, 1.82) is 0 Å². The maximum absolute atomic E-state index is 5.91. The summed E-state index contributed by atoms with van der Waals surface area (Å²) in [6, 6.07) is 0. The Labute approximate surface area is 106 Å². The largest absolute Gasteiger partial charge is 0.393 e. The number of nitrogen functional groups attached to an aromatic ring is 1. The molecule has 5 nitrogen and oxygen atoms in total. The van der Waals surface area contributed by atoms with Gasteiger partial charge in [0.05, 0.1) is 11.7 Å². The van der Waals surface area contributed by atoms with E-state index in [2.05, 4.69) is 28.7 Å². The zero-order valence-electron chi connectivity index (χ0n) is 10.3. The summed E-state index contributed by atoms with van der Waals surface area (Å²) in [7, 11) is 0. The molecule has 1 saturated heterocycles. The van der Waals surface area contributed by atoms with Gasteiger partial charge in [0.25, 0.3) is 0 Å². The van der Waals surface area contributed by atoms with E-state index in [1.165, 1.54) is 6.33 Å². The monoisotopic (exact) mass is 256 g/mol. The molecule has 0 spiro atoms. The van der Waals surface area contributed by atoms with Crippen LogP contribution in [0.15, 0.2) is 6.33 Å². The van der Waals surface area contributed by atoms with Crippen molar-refractivity contribution in [1.82, 2.24) is 9.97 Å². The number of anilines is 2. The van der Waals surface area contributed by atoms with Gasteiger partial charge in [-0.25, -0.2) is 9.97 Å². The van der Waals surface area contributed by atoms with Crippen LogP contribution in [0.4, 0.5) is 11.5 Å². The predicted octanol–water partition coefficient (Wildman–Crippen LogP) is 1.72. The summed E-state index contributed by atoms with van der Waals surface area (Å²) in [5.74, 6) is 0.688. The maximum atomic E-state index is 5.91. The SMILES string of the molecule is CC1CN(c2ncnc(Cl)c2N)CC(C)(C)O1. The molecule has 1 fully saturated rings. The lowest BCUT2D eigenvalue weighted by atomic mass is 10.1. The molecule has 0 amide bonds. The van der Waals surface area contributed by atoms with Gasteiger partial charge in [-0.15, -0.1) is 0 Å². The van der Waals surface area contributed by atoms with E-state index in [-0.39, 0.29) is 11.7 Å². The van der Waals surface area contributed by atoms with Gasteiger partial charge < -0.3 is 15.4 Å². The Morgan fingerprint density at radius 1 is 1.53 bits per heavy atom. The molecule has 1 aromatic rings. The Kier molecular flexibility index (Phi) is 3.14. The first-order chi connectivity index (χ1) is 7.89. The van der Waals surface area contributed by atoms with Gasteiger partial charge in [0.15, 0.2) is 11.0 Å². The zero-order chi connectivity index (χ0) is 12.6. The molecule has 0 bridgehead atoms. The second kappa shape index (κ2) is 4.31. The Hall–Kier alpha value is -1.07. The number of aromatic nitrogens is 2. The first-order valence-corrected chi connectivity index (χ1v) is 5.95. The highest BCUT2D eigenvalue weighted by Crippen LogP contribution is 2.30. The van der Waals surface area contributed by atoms with Crippen molar-refractivity contribution in [3.8, 4) is 0 Å². The first-order valence-electron chi connectivity index (χ1n) is 5.58. The third-order valence-electron chi connectivity index (χ3n) is 2.68. The third kappa shape index (κ3) is 2.61. The molecule has 1 aliphatic rings. The quantitative estimate of drug-likeness (QED) is 0.775. The van der Waals surface area contributed by atoms with E-state index in [1.807, 2.05) is 6.92 Å². The molecular formula is C11H17ClN4O. The van der Waals surface area contributed by atoms with Crippen LogP contribution in [-0.2, 0) is 4.74 Å². The van der Waals surface area contributed by atoms with Crippen LogP contribution in [0, 0.1) is 0 Å². The van der Waals surface area contributed by atoms with Crippen molar-refractivity contribution >= 4 is 23.1 Å². The van der Waals surface area contributed by atoms with Crippen LogP contribution >= 0.6 is 11.6 Å². The summed E-state index contributed by atoms with van der Waals surface area (Å²) >= 11 is 5.91. The smallest absolute Gasteiger partial charge is 0.157 e. The molecule has 0 aliphatic carbocycles. The standard InChI is InChI=1S/C11H17ClN4O/c1-7-4-16(5-11(2,3)17-7)10-8(13)9(12)14-6-15-10/h6-7H,4-5,13H2,1-3H3. The van der Waals surface area contributed by atoms with Gasteiger partial charge in [0.1, 0.15) is 12.0 Å². The molecule has 1 atom stereocenters. The molecule has 0 radical (unpaired) electrons. The van der Waals surface area contributed by atoms with Crippen molar-refractivity contribution in [2.24, 2.45) is 0 Å². The molecule has 0 saturated carbocycles. The van der Waals surface area contributed by atoms with Crippen LogP contribution in [0.25, 0.3) is 0 Å². The summed E-state index contributed by atoms with van der Waals surface area (Å²) in [6.07, 6.45) is 1.56. The fourth-order valence-electron chi connectivity index (χ4n) is 2.23. The fourth-order valence-corrected chi connectivity index (χ4v) is 2.36. The van der Waals surface area contributed by atoms with Gasteiger partial charge in [-0.2, -0.15) is 0 Å². The van der Waals surface area contributed by atoms with Gasteiger partial charge in [-0.05, 0) is 20.8 Å². The number of morpholine rings is 1. The molecule has 94 valence electrons. The van der Waals surface area contributed by atoms with Crippen molar-refractivity contribution in [2.45, 2.75) is 32.5 Å². The van der Waals surface area contributed by atoms with E-state index in [9.17, 15) is 0 Å². The normalized spacial score (nSPS) is 23.8. The molecule has 6 heteroatoms. The van der Waals surface area contributed by atoms with E-state index in [0.717, 1.165) is 13.1 Å². The molecule has 17 heavy (non-hydrogen) atoms. The average Bonchev–Trinajstić information content (AvgIpc) is 2.19. The number of nitrogens with two attached hydrogens (primary N) is 1. The van der Waals surface area contributed by atoms with E-state index in [0.29, 0.717) is 16.7 Å². The summed E-state index contributed by atoms with van der Waals surface area (Å²) in [5, 5.41) is 0.298. The minimum absolute atomic E-state index is 0.131. The second-order valence-electron chi connectivity index (χ2n) is 4.97. The highest BCUT2D eigenvalue weighted by Gasteiger charge is 2.32. The lowest BCUT2D eigenvalue weighted by Gasteiger charge is -2.42. The van der Waals surface area contributed by atoms with Gasteiger partial charge >= 0.3 is 0 Å². The van der Waals surface area contributed by atoms with Crippen LogP contribution < -0.4 is 10.6 Å². The summed E-state index contributed by atoms with van der Waals surface area (Å²) < 4.78 is 5.84. The highest BCUT2D eigenvalue weighted by atomic mass is 35.5. The number of ether oxygens (including phenoxy) is 1. The maximum Gasteiger partial charge on any atom is 0.157 e. The van der Waals surface area contributed by atoms with E-state index < -0.39 is 0 Å². The van der Waals surface area contributed by atoms with Crippen LogP contribution in [0.3, 0.4) is 0 Å². The molecule has 0 aromatic carbocycles. The number of halogens is 1. The lowest BCUT2D eigenvalue weighted by molar-refractivity contribution is -0.0751. The molecule has 2 N–H and O–H groups in total. The molecule has 1 aromatic heterocycles. The molecule has 2 rings (SSSR count). The predicted molar refractivity (Wildman–Crippen MR) is 68.3 cm³/mol. The first kappa shape index (κ1) is 12.4.